The third-order valence-corrected chi connectivity index (χ3v) is 2.26. The Kier molecular flexibility index (Phi) is 4.06. The zero-order valence-corrected chi connectivity index (χ0v) is 9.62. The van der Waals surface area contributed by atoms with Crippen molar-refractivity contribution in [1.29, 1.82) is 0 Å². The number of aromatic nitrogens is 3. The third-order valence-electron chi connectivity index (χ3n) is 2.26. The van der Waals surface area contributed by atoms with Crippen LogP contribution >= 0.6 is 24.8 Å². The van der Waals surface area contributed by atoms with Crippen molar-refractivity contribution < 1.29 is 8.78 Å². The fraction of sp³-hybridized carbons (Fsp3) is 0.714. The summed E-state index contributed by atoms with van der Waals surface area (Å²) >= 11 is 0. The monoisotopic (exact) mass is 260 g/mol. The molecule has 0 amide bonds. The number of rotatable bonds is 1. The van der Waals surface area contributed by atoms with Crippen LogP contribution < -0.4 is 5.73 Å². The third kappa shape index (κ3) is 2.56. The predicted octanol–water partition coefficient (Wildman–Crippen LogP) is 1.24. The first-order chi connectivity index (χ1) is 5.91. The van der Waals surface area contributed by atoms with Crippen LogP contribution in [0.4, 0.5) is 8.78 Å². The SMILES string of the molecule is Cl.Cl.Cn1cc(C2(N)CC(F)(F)C2)nn1. The van der Waals surface area contributed by atoms with Crippen molar-refractivity contribution >= 4 is 24.8 Å². The molecule has 0 aliphatic heterocycles. The number of alkyl halides is 2. The maximum absolute atomic E-state index is 12.6. The smallest absolute Gasteiger partial charge is 0.252 e. The van der Waals surface area contributed by atoms with Crippen LogP contribution in [-0.2, 0) is 12.6 Å². The number of nitrogens with zero attached hydrogens (tertiary/aromatic N) is 3. The molecular formula is C7H12Cl2F2N4. The predicted molar refractivity (Wildman–Crippen MR) is 55.5 cm³/mol. The van der Waals surface area contributed by atoms with Crippen molar-refractivity contribution in [3.05, 3.63) is 11.9 Å². The molecule has 1 aliphatic carbocycles. The second-order valence-electron chi connectivity index (χ2n) is 3.64. The van der Waals surface area contributed by atoms with E-state index in [0.717, 1.165) is 0 Å². The van der Waals surface area contributed by atoms with Gasteiger partial charge in [-0.1, -0.05) is 5.21 Å². The number of aryl methyl sites for hydroxylation is 1. The summed E-state index contributed by atoms with van der Waals surface area (Å²) in [5.74, 6) is -2.63. The van der Waals surface area contributed by atoms with E-state index in [9.17, 15) is 8.78 Å². The van der Waals surface area contributed by atoms with Crippen LogP contribution in [0.1, 0.15) is 18.5 Å². The largest absolute Gasteiger partial charge is 0.320 e. The number of nitrogens with two attached hydrogens (primary N) is 1. The molecule has 2 N–H and O–H groups in total. The number of hydrogen-bond acceptors (Lipinski definition) is 3. The van der Waals surface area contributed by atoms with Gasteiger partial charge in [0.1, 0.15) is 5.69 Å². The van der Waals surface area contributed by atoms with E-state index >= 15 is 0 Å². The molecule has 15 heavy (non-hydrogen) atoms. The van der Waals surface area contributed by atoms with E-state index in [2.05, 4.69) is 10.3 Å². The average Bonchev–Trinajstić information content (AvgIpc) is 2.31. The quantitative estimate of drug-likeness (QED) is 0.827. The highest BCUT2D eigenvalue weighted by Gasteiger charge is 2.56. The molecule has 1 saturated carbocycles. The Morgan fingerprint density at radius 3 is 2.27 bits per heavy atom. The van der Waals surface area contributed by atoms with E-state index in [1.54, 1.807) is 13.2 Å². The maximum Gasteiger partial charge on any atom is 0.252 e. The number of hydrogen-bond donors (Lipinski definition) is 1. The molecule has 0 unspecified atom stereocenters. The minimum absolute atomic E-state index is 0. The van der Waals surface area contributed by atoms with Gasteiger partial charge in [0.2, 0.25) is 0 Å². The van der Waals surface area contributed by atoms with Gasteiger partial charge in [-0.3, -0.25) is 4.68 Å². The lowest BCUT2D eigenvalue weighted by Gasteiger charge is -2.42. The Hall–Kier alpha value is -0.460. The Balaban J connectivity index is 0.000000980. The van der Waals surface area contributed by atoms with Crippen LogP contribution in [0.5, 0.6) is 0 Å². The van der Waals surface area contributed by atoms with E-state index in [0.29, 0.717) is 5.69 Å². The molecule has 0 radical (unpaired) electrons. The van der Waals surface area contributed by atoms with E-state index in [1.165, 1.54) is 4.68 Å². The van der Waals surface area contributed by atoms with Gasteiger partial charge in [-0.15, -0.1) is 29.9 Å². The van der Waals surface area contributed by atoms with Crippen LogP contribution in [0.15, 0.2) is 6.20 Å². The van der Waals surface area contributed by atoms with Gasteiger partial charge in [0.15, 0.2) is 0 Å². The van der Waals surface area contributed by atoms with Crippen molar-refractivity contribution in [3.8, 4) is 0 Å². The topological polar surface area (TPSA) is 56.7 Å². The molecule has 4 nitrogen and oxygen atoms in total. The minimum atomic E-state index is -2.63. The van der Waals surface area contributed by atoms with Gasteiger partial charge in [-0.2, -0.15) is 0 Å². The Bertz CT molecular complexity index is 333. The Labute approximate surface area is 98.0 Å². The highest BCUT2D eigenvalue weighted by atomic mass is 35.5. The first-order valence-electron chi connectivity index (χ1n) is 3.95. The molecule has 1 aromatic rings. The second-order valence-corrected chi connectivity index (χ2v) is 3.64. The summed E-state index contributed by atoms with van der Waals surface area (Å²) in [6.07, 6.45) is 0.909. The molecule has 1 heterocycles. The summed E-state index contributed by atoms with van der Waals surface area (Å²) in [7, 11) is 1.68. The number of halogens is 4. The van der Waals surface area contributed by atoms with Gasteiger partial charge in [0.25, 0.3) is 5.92 Å². The first kappa shape index (κ1) is 14.5. The summed E-state index contributed by atoms with van der Waals surface area (Å²) < 4.78 is 26.6. The molecule has 1 fully saturated rings. The van der Waals surface area contributed by atoms with Crippen molar-refractivity contribution in [1.82, 2.24) is 15.0 Å². The van der Waals surface area contributed by atoms with E-state index in [1.807, 2.05) is 0 Å². The standard InChI is InChI=1S/C7H10F2N4.2ClH/c1-13-2-5(11-12-13)6(10)3-7(8,9)4-6;;/h2H,3-4,10H2,1H3;2*1H. The van der Waals surface area contributed by atoms with E-state index in [4.69, 9.17) is 5.73 Å². The van der Waals surface area contributed by atoms with Gasteiger partial charge in [0.05, 0.1) is 5.54 Å². The van der Waals surface area contributed by atoms with E-state index < -0.39 is 11.5 Å². The molecule has 88 valence electrons. The highest BCUT2D eigenvalue weighted by molar-refractivity contribution is 5.85. The van der Waals surface area contributed by atoms with Crippen LogP contribution in [0.3, 0.4) is 0 Å². The fourth-order valence-corrected chi connectivity index (χ4v) is 1.63. The highest BCUT2D eigenvalue weighted by Crippen LogP contribution is 2.48. The van der Waals surface area contributed by atoms with Crippen LogP contribution in [-0.4, -0.2) is 20.9 Å². The molecule has 1 aliphatic rings. The Morgan fingerprint density at radius 2 is 1.93 bits per heavy atom. The van der Waals surface area contributed by atoms with Gasteiger partial charge in [-0.25, -0.2) is 8.78 Å². The van der Waals surface area contributed by atoms with Crippen LogP contribution in [0, 0.1) is 0 Å². The molecule has 2 rings (SSSR count). The molecular weight excluding hydrogens is 249 g/mol. The summed E-state index contributed by atoms with van der Waals surface area (Å²) in [5.41, 5.74) is 5.19. The van der Waals surface area contributed by atoms with Crippen LogP contribution in [0.2, 0.25) is 0 Å². The summed E-state index contributed by atoms with van der Waals surface area (Å²) in [6, 6.07) is 0. The van der Waals surface area contributed by atoms with Crippen molar-refractivity contribution in [3.63, 3.8) is 0 Å². The lowest BCUT2D eigenvalue weighted by atomic mass is 9.72. The van der Waals surface area contributed by atoms with Gasteiger partial charge in [0, 0.05) is 26.1 Å². The second kappa shape index (κ2) is 4.19. The lowest BCUT2D eigenvalue weighted by molar-refractivity contribution is -0.126. The maximum atomic E-state index is 12.6. The van der Waals surface area contributed by atoms with Crippen molar-refractivity contribution in [2.24, 2.45) is 12.8 Å². The molecule has 0 bridgehead atoms. The molecule has 8 heteroatoms. The molecule has 0 spiro atoms. The Morgan fingerprint density at radius 1 is 1.40 bits per heavy atom. The zero-order valence-electron chi connectivity index (χ0n) is 7.98. The average molecular weight is 261 g/mol. The van der Waals surface area contributed by atoms with Gasteiger partial charge in [-0.05, 0) is 0 Å². The first-order valence-corrected chi connectivity index (χ1v) is 3.95. The van der Waals surface area contributed by atoms with Gasteiger partial charge < -0.3 is 5.73 Å². The summed E-state index contributed by atoms with van der Waals surface area (Å²) in [5, 5.41) is 7.38. The molecule has 1 aromatic heterocycles. The lowest BCUT2D eigenvalue weighted by Crippen LogP contribution is -2.55. The normalized spacial score (nSPS) is 20.8. The molecule has 0 aromatic carbocycles. The molecule has 0 saturated heterocycles. The minimum Gasteiger partial charge on any atom is -0.320 e. The zero-order chi connectivity index (χ0) is 9.69. The fourth-order valence-electron chi connectivity index (χ4n) is 1.63. The van der Waals surface area contributed by atoms with Crippen molar-refractivity contribution in [2.75, 3.05) is 0 Å². The summed E-state index contributed by atoms with van der Waals surface area (Å²) in [4.78, 5) is 0. The molecule has 0 atom stereocenters. The van der Waals surface area contributed by atoms with Crippen LogP contribution in [0.25, 0.3) is 0 Å². The van der Waals surface area contributed by atoms with Crippen molar-refractivity contribution in [2.45, 2.75) is 24.3 Å². The van der Waals surface area contributed by atoms with E-state index in [-0.39, 0.29) is 37.7 Å². The summed E-state index contributed by atoms with van der Waals surface area (Å²) in [6.45, 7) is 0. The van der Waals surface area contributed by atoms with Gasteiger partial charge >= 0.3 is 0 Å².